The molecule has 1 amide bonds. The number of thiophene rings is 1. The van der Waals surface area contributed by atoms with Crippen LogP contribution in [0.25, 0.3) is 6.08 Å². The van der Waals surface area contributed by atoms with Gasteiger partial charge in [0.1, 0.15) is 0 Å². The van der Waals surface area contributed by atoms with Crippen LogP contribution in [0.15, 0.2) is 17.5 Å². The second-order valence-electron chi connectivity index (χ2n) is 4.86. The molecule has 1 aromatic heterocycles. The van der Waals surface area contributed by atoms with E-state index in [0.29, 0.717) is 6.54 Å². The highest BCUT2D eigenvalue weighted by Gasteiger charge is 2.27. The molecule has 1 unspecified atom stereocenters. The number of carbonyl (C=O) groups is 2. The highest BCUT2D eigenvalue weighted by Crippen LogP contribution is 2.25. The third kappa shape index (κ3) is 3.68. The molecule has 1 saturated heterocycles. The summed E-state index contributed by atoms with van der Waals surface area (Å²) in [5, 5.41) is 10.6. The smallest absolute Gasteiger partial charge is 0.328 e. The van der Waals surface area contributed by atoms with E-state index >= 15 is 0 Å². The van der Waals surface area contributed by atoms with Gasteiger partial charge < -0.3 is 10.8 Å². The van der Waals surface area contributed by atoms with E-state index in [4.69, 9.17) is 10.8 Å². The van der Waals surface area contributed by atoms with E-state index in [1.54, 1.807) is 17.4 Å². The lowest BCUT2D eigenvalue weighted by atomic mass is 10.0. The maximum absolute atomic E-state index is 11.5. The van der Waals surface area contributed by atoms with Crippen molar-refractivity contribution in [3.05, 3.63) is 28.0 Å². The largest absolute Gasteiger partial charge is 0.478 e. The molecule has 20 heavy (non-hydrogen) atoms. The Labute approximate surface area is 121 Å². The van der Waals surface area contributed by atoms with Gasteiger partial charge in [0.15, 0.2) is 0 Å². The second-order valence-corrected chi connectivity index (χ2v) is 5.86. The summed E-state index contributed by atoms with van der Waals surface area (Å²) >= 11 is 1.57. The Morgan fingerprint density at radius 3 is 3.00 bits per heavy atom. The molecule has 6 heteroatoms. The molecule has 1 aromatic rings. The molecule has 0 aromatic carbocycles. The molecule has 1 aliphatic heterocycles. The average Bonchev–Trinajstić information content (AvgIpc) is 2.84. The summed E-state index contributed by atoms with van der Waals surface area (Å²) in [6.45, 7) is 1.50. The third-order valence-corrected chi connectivity index (χ3v) is 4.40. The molecule has 2 heterocycles. The minimum atomic E-state index is -0.963. The number of nitrogens with zero attached hydrogens (tertiary/aromatic N) is 1. The Balaban J connectivity index is 2.10. The van der Waals surface area contributed by atoms with Crippen molar-refractivity contribution < 1.29 is 14.7 Å². The van der Waals surface area contributed by atoms with Crippen LogP contribution in [0.4, 0.5) is 0 Å². The minimum Gasteiger partial charge on any atom is -0.478 e. The first-order valence-electron chi connectivity index (χ1n) is 6.58. The quantitative estimate of drug-likeness (QED) is 0.809. The van der Waals surface area contributed by atoms with E-state index in [0.717, 1.165) is 42.3 Å². The molecule has 0 radical (unpaired) electrons. The van der Waals surface area contributed by atoms with E-state index in [2.05, 4.69) is 4.90 Å². The SMILES string of the molecule is NC(=O)C1CCCCN1Cc1sccc1C=CC(=O)O. The summed E-state index contributed by atoms with van der Waals surface area (Å²) in [7, 11) is 0. The van der Waals surface area contributed by atoms with Gasteiger partial charge in [-0.2, -0.15) is 0 Å². The highest BCUT2D eigenvalue weighted by atomic mass is 32.1. The van der Waals surface area contributed by atoms with Crippen molar-refractivity contribution in [1.29, 1.82) is 0 Å². The number of carboxylic acids is 1. The predicted molar refractivity (Wildman–Crippen MR) is 78.2 cm³/mol. The Morgan fingerprint density at radius 2 is 2.30 bits per heavy atom. The van der Waals surface area contributed by atoms with Gasteiger partial charge in [0.2, 0.25) is 5.91 Å². The number of likely N-dealkylation sites (tertiary alicyclic amines) is 1. The van der Waals surface area contributed by atoms with Crippen LogP contribution in [0.3, 0.4) is 0 Å². The topological polar surface area (TPSA) is 83.6 Å². The Hall–Kier alpha value is -1.66. The Bertz CT molecular complexity index is 524. The summed E-state index contributed by atoms with van der Waals surface area (Å²) in [5.41, 5.74) is 6.35. The number of hydrogen-bond acceptors (Lipinski definition) is 4. The van der Waals surface area contributed by atoms with Crippen molar-refractivity contribution in [3.8, 4) is 0 Å². The molecule has 0 bridgehead atoms. The van der Waals surface area contributed by atoms with Gasteiger partial charge in [-0.1, -0.05) is 6.42 Å². The van der Waals surface area contributed by atoms with E-state index in [9.17, 15) is 9.59 Å². The van der Waals surface area contributed by atoms with Crippen molar-refractivity contribution in [2.75, 3.05) is 6.54 Å². The molecule has 3 N–H and O–H groups in total. The van der Waals surface area contributed by atoms with Crippen LogP contribution in [0.2, 0.25) is 0 Å². The van der Waals surface area contributed by atoms with Gasteiger partial charge in [0, 0.05) is 17.5 Å². The molecule has 0 saturated carbocycles. The van der Waals surface area contributed by atoms with E-state index in [1.807, 2.05) is 11.4 Å². The fourth-order valence-electron chi connectivity index (χ4n) is 2.48. The number of aliphatic carboxylic acids is 1. The van der Waals surface area contributed by atoms with Gasteiger partial charge in [0.05, 0.1) is 6.04 Å². The zero-order valence-electron chi connectivity index (χ0n) is 11.1. The van der Waals surface area contributed by atoms with E-state index < -0.39 is 5.97 Å². The summed E-state index contributed by atoms with van der Waals surface area (Å²) in [4.78, 5) is 25.2. The summed E-state index contributed by atoms with van der Waals surface area (Å²) in [6, 6.07) is 1.69. The van der Waals surface area contributed by atoms with Gasteiger partial charge in [-0.3, -0.25) is 9.69 Å². The maximum atomic E-state index is 11.5. The molecule has 0 aliphatic carbocycles. The lowest BCUT2D eigenvalue weighted by Gasteiger charge is -2.33. The molecule has 2 rings (SSSR count). The van der Waals surface area contributed by atoms with Gasteiger partial charge in [-0.25, -0.2) is 4.79 Å². The number of primary amides is 1. The number of nitrogens with two attached hydrogens (primary N) is 1. The average molecular weight is 294 g/mol. The summed E-state index contributed by atoms with van der Waals surface area (Å²) in [6.07, 6.45) is 5.63. The number of amides is 1. The molecule has 0 spiro atoms. The fraction of sp³-hybridized carbons (Fsp3) is 0.429. The molecular formula is C14H18N2O3S. The van der Waals surface area contributed by atoms with Gasteiger partial charge in [-0.15, -0.1) is 11.3 Å². The molecular weight excluding hydrogens is 276 g/mol. The Kier molecular flexibility index (Phi) is 4.92. The van der Waals surface area contributed by atoms with Crippen molar-refractivity contribution in [2.24, 2.45) is 5.73 Å². The highest BCUT2D eigenvalue weighted by molar-refractivity contribution is 7.10. The van der Waals surface area contributed by atoms with E-state index in [1.165, 1.54) is 0 Å². The van der Waals surface area contributed by atoms with E-state index in [-0.39, 0.29) is 11.9 Å². The van der Waals surface area contributed by atoms with Crippen LogP contribution in [0.5, 0.6) is 0 Å². The van der Waals surface area contributed by atoms with Crippen molar-refractivity contribution in [2.45, 2.75) is 31.8 Å². The first kappa shape index (κ1) is 14.7. The number of piperidine rings is 1. The van der Waals surface area contributed by atoms with Crippen LogP contribution in [0, 0.1) is 0 Å². The molecule has 108 valence electrons. The summed E-state index contributed by atoms with van der Waals surface area (Å²) in [5.74, 6) is -1.24. The molecule has 1 fully saturated rings. The Morgan fingerprint density at radius 1 is 1.50 bits per heavy atom. The van der Waals surface area contributed by atoms with Gasteiger partial charge in [0.25, 0.3) is 0 Å². The molecule has 1 aliphatic rings. The van der Waals surface area contributed by atoms with Crippen LogP contribution in [0.1, 0.15) is 29.7 Å². The number of carbonyl (C=O) groups excluding carboxylic acids is 1. The van der Waals surface area contributed by atoms with Gasteiger partial charge in [-0.05, 0) is 42.5 Å². The lowest BCUT2D eigenvalue weighted by molar-refractivity contribution is -0.131. The van der Waals surface area contributed by atoms with Crippen LogP contribution in [-0.4, -0.2) is 34.5 Å². The standard InChI is InChI=1S/C14H18N2O3S/c15-14(19)11-3-1-2-7-16(11)9-12-10(6-8-20-12)4-5-13(17)18/h4-6,8,11H,1-3,7,9H2,(H2,15,19)(H,17,18). The first-order valence-corrected chi connectivity index (χ1v) is 7.46. The zero-order valence-corrected chi connectivity index (χ0v) is 11.9. The van der Waals surface area contributed by atoms with Crippen LogP contribution in [-0.2, 0) is 16.1 Å². The van der Waals surface area contributed by atoms with Crippen LogP contribution >= 0.6 is 11.3 Å². The molecule has 5 nitrogen and oxygen atoms in total. The maximum Gasteiger partial charge on any atom is 0.328 e. The predicted octanol–water partition coefficient (Wildman–Crippen LogP) is 1.69. The monoisotopic (exact) mass is 294 g/mol. The summed E-state index contributed by atoms with van der Waals surface area (Å²) < 4.78 is 0. The van der Waals surface area contributed by atoms with Crippen molar-refractivity contribution >= 4 is 29.3 Å². The van der Waals surface area contributed by atoms with Crippen molar-refractivity contribution in [1.82, 2.24) is 4.90 Å². The van der Waals surface area contributed by atoms with Crippen LogP contribution < -0.4 is 5.73 Å². The normalized spacial score (nSPS) is 20.3. The fourth-order valence-corrected chi connectivity index (χ4v) is 3.37. The number of rotatable bonds is 5. The van der Waals surface area contributed by atoms with Crippen molar-refractivity contribution in [3.63, 3.8) is 0 Å². The first-order chi connectivity index (χ1) is 9.58. The van der Waals surface area contributed by atoms with Gasteiger partial charge >= 0.3 is 5.97 Å². The third-order valence-electron chi connectivity index (χ3n) is 3.47. The second kappa shape index (κ2) is 6.67. The number of hydrogen-bond donors (Lipinski definition) is 2. The zero-order chi connectivity index (χ0) is 14.5. The lowest BCUT2D eigenvalue weighted by Crippen LogP contribution is -2.47. The molecule has 1 atom stereocenters. The minimum absolute atomic E-state index is 0.206. The number of carboxylic acid groups (broad SMARTS) is 1.